The second kappa shape index (κ2) is 5.07. The summed E-state index contributed by atoms with van der Waals surface area (Å²) in [6.07, 6.45) is 3.31. The second-order valence-corrected chi connectivity index (χ2v) is 3.57. The van der Waals surface area contributed by atoms with Crippen molar-refractivity contribution < 1.29 is 15.5 Å². The fourth-order valence-electron chi connectivity index (χ4n) is 1.65. The lowest BCUT2D eigenvalue weighted by Crippen LogP contribution is -2.99. The van der Waals surface area contributed by atoms with Crippen molar-refractivity contribution in [3.8, 4) is 11.1 Å². The Bertz CT molecular complexity index is 496. The van der Waals surface area contributed by atoms with Gasteiger partial charge >= 0.3 is 0 Å². The summed E-state index contributed by atoms with van der Waals surface area (Å²) >= 11 is 0. The molecule has 6 nitrogen and oxygen atoms in total. The molecule has 2 rings (SSSR count). The van der Waals surface area contributed by atoms with E-state index >= 15 is 0 Å². The van der Waals surface area contributed by atoms with Crippen molar-refractivity contribution in [3.05, 3.63) is 41.9 Å². The van der Waals surface area contributed by atoms with Crippen molar-refractivity contribution in [1.29, 1.82) is 0 Å². The Morgan fingerprint density at radius 3 is 2.82 bits per heavy atom. The Morgan fingerprint density at radius 1 is 1.35 bits per heavy atom. The van der Waals surface area contributed by atoms with Crippen molar-refractivity contribution in [1.82, 2.24) is 9.78 Å². The van der Waals surface area contributed by atoms with Crippen LogP contribution in [-0.2, 0) is 6.54 Å². The summed E-state index contributed by atoms with van der Waals surface area (Å²) in [5.74, 6) is 0. The number of benzene rings is 1. The zero-order valence-corrected chi connectivity index (χ0v) is 9.08. The van der Waals surface area contributed by atoms with Gasteiger partial charge in [0.25, 0.3) is 0 Å². The van der Waals surface area contributed by atoms with Gasteiger partial charge in [-0.2, -0.15) is 10.3 Å². The first-order valence-electron chi connectivity index (χ1n) is 5.18. The first kappa shape index (κ1) is 11.7. The zero-order chi connectivity index (χ0) is 12.3. The normalized spacial score (nSPS) is 12.6. The summed E-state index contributed by atoms with van der Waals surface area (Å²) in [7, 11) is 0. The molecule has 1 aromatic carbocycles. The number of nitrogens with one attached hydrogen (secondary N) is 1. The Kier molecular flexibility index (Phi) is 3.50. The van der Waals surface area contributed by atoms with Gasteiger partial charge in [-0.15, -0.1) is 0 Å². The summed E-state index contributed by atoms with van der Waals surface area (Å²) < 4.78 is 1.58. The molecular formula is C11H13N3O3. The molecule has 2 aromatic rings. The number of para-hydroxylation sites is 1. The first-order chi connectivity index (χ1) is 8.22. The maximum atomic E-state index is 11.1. The van der Waals surface area contributed by atoms with Gasteiger partial charge in [-0.3, -0.25) is 4.68 Å². The van der Waals surface area contributed by atoms with Crippen LogP contribution in [0.1, 0.15) is 0 Å². The fourth-order valence-corrected chi connectivity index (χ4v) is 1.65. The molecule has 1 aromatic heterocycles. The van der Waals surface area contributed by atoms with E-state index in [1.54, 1.807) is 41.3 Å². The van der Waals surface area contributed by atoms with Crippen LogP contribution in [0.15, 0.2) is 36.7 Å². The molecule has 0 bridgehead atoms. The van der Waals surface area contributed by atoms with Crippen LogP contribution in [0.5, 0.6) is 0 Å². The van der Waals surface area contributed by atoms with Gasteiger partial charge in [-0.1, -0.05) is 12.1 Å². The number of rotatable bonds is 4. The van der Waals surface area contributed by atoms with E-state index in [9.17, 15) is 5.21 Å². The molecular weight excluding hydrogens is 222 g/mol. The summed E-state index contributed by atoms with van der Waals surface area (Å²) in [6, 6.07) is 6.76. The Morgan fingerprint density at radius 2 is 2.12 bits per heavy atom. The van der Waals surface area contributed by atoms with Crippen molar-refractivity contribution in [3.63, 3.8) is 0 Å². The third-order valence-corrected chi connectivity index (χ3v) is 2.43. The predicted octanol–water partition coefficient (Wildman–Crippen LogP) is -0.0542. The minimum atomic E-state index is -0.962. The van der Waals surface area contributed by atoms with E-state index in [0.29, 0.717) is 12.1 Å². The average molecular weight is 235 g/mol. The molecule has 0 spiro atoms. The Hall–Kier alpha value is -1.73. The molecule has 0 saturated heterocycles. The molecule has 0 radical (unpaired) electrons. The van der Waals surface area contributed by atoms with Crippen LogP contribution >= 0.6 is 0 Å². The topological polar surface area (TPSA) is 85.8 Å². The number of quaternary nitrogens is 1. The van der Waals surface area contributed by atoms with Crippen molar-refractivity contribution in [2.75, 3.05) is 6.61 Å². The molecule has 17 heavy (non-hydrogen) atoms. The quantitative estimate of drug-likeness (QED) is 0.648. The zero-order valence-electron chi connectivity index (χ0n) is 9.08. The summed E-state index contributed by atoms with van der Waals surface area (Å²) in [6.45, 7) is 0.400. The molecule has 0 fully saturated rings. The average Bonchev–Trinajstić information content (AvgIpc) is 2.78. The lowest BCUT2D eigenvalue weighted by atomic mass is 10.1. The van der Waals surface area contributed by atoms with E-state index in [4.69, 9.17) is 10.3 Å². The largest absolute Gasteiger partial charge is 0.595 e. The monoisotopic (exact) mass is 235 g/mol. The van der Waals surface area contributed by atoms with Crippen molar-refractivity contribution in [2.45, 2.75) is 6.54 Å². The van der Waals surface area contributed by atoms with E-state index in [1.807, 2.05) is 0 Å². The summed E-state index contributed by atoms with van der Waals surface area (Å²) in [5, 5.41) is 32.0. The molecule has 0 amide bonds. The number of hydrogen-bond acceptors (Lipinski definition) is 4. The van der Waals surface area contributed by atoms with Gasteiger partial charge in [-0.05, 0) is 6.07 Å². The number of hydrogen-bond donors (Lipinski definition) is 3. The van der Waals surface area contributed by atoms with Gasteiger partial charge < -0.3 is 10.3 Å². The minimum Gasteiger partial charge on any atom is -0.595 e. The third kappa shape index (κ3) is 2.51. The highest BCUT2D eigenvalue weighted by molar-refractivity contribution is 5.71. The number of aliphatic hydroxyl groups excluding tert-OH is 1. The van der Waals surface area contributed by atoms with Gasteiger partial charge in [0.05, 0.1) is 19.3 Å². The number of nitrogens with zero attached hydrogens (tertiary/aromatic N) is 2. The van der Waals surface area contributed by atoms with Gasteiger partial charge in [0.15, 0.2) is 5.69 Å². The molecule has 0 aliphatic heterocycles. The Balaban J connectivity index is 2.38. The maximum Gasteiger partial charge on any atom is 0.171 e. The highest BCUT2D eigenvalue weighted by atomic mass is 16.8. The molecule has 0 aliphatic rings. The molecule has 1 atom stereocenters. The fraction of sp³-hybridized carbons (Fsp3) is 0.182. The van der Waals surface area contributed by atoms with Crippen LogP contribution in [0.4, 0.5) is 5.69 Å². The standard InChI is InChI=1S/C11H13N3O3/c15-6-5-13-8-9(7-12-13)10-3-1-2-4-11(10)14(16)17/h1-4,7-8,14-16H,5-6H2. The Labute approximate surface area is 97.9 Å². The van der Waals surface area contributed by atoms with E-state index in [2.05, 4.69) is 5.10 Å². The van der Waals surface area contributed by atoms with Crippen LogP contribution in [0.2, 0.25) is 0 Å². The maximum absolute atomic E-state index is 11.1. The molecule has 1 unspecified atom stereocenters. The van der Waals surface area contributed by atoms with Gasteiger partial charge in [-0.25, -0.2) is 5.21 Å². The van der Waals surface area contributed by atoms with Crippen molar-refractivity contribution in [2.24, 2.45) is 0 Å². The summed E-state index contributed by atoms with van der Waals surface area (Å²) in [5.41, 5.74) is 1.61. The molecule has 6 heteroatoms. The lowest BCUT2D eigenvalue weighted by molar-refractivity contribution is -0.991. The van der Waals surface area contributed by atoms with Gasteiger partial charge in [0.1, 0.15) is 0 Å². The summed E-state index contributed by atoms with van der Waals surface area (Å²) in [4.78, 5) is 0. The number of aromatic nitrogens is 2. The van der Waals surface area contributed by atoms with E-state index in [0.717, 1.165) is 5.56 Å². The SMILES string of the molecule is [O-][NH+](O)c1ccccc1-c1cnn(CCO)c1. The second-order valence-electron chi connectivity index (χ2n) is 3.57. The van der Waals surface area contributed by atoms with Crippen LogP contribution in [0, 0.1) is 5.21 Å². The lowest BCUT2D eigenvalue weighted by Gasteiger charge is -2.14. The molecule has 0 aliphatic carbocycles. The van der Waals surface area contributed by atoms with Crippen LogP contribution in [0.3, 0.4) is 0 Å². The molecule has 1 heterocycles. The predicted molar refractivity (Wildman–Crippen MR) is 60.5 cm³/mol. The van der Waals surface area contributed by atoms with Gasteiger partial charge in [0.2, 0.25) is 0 Å². The number of aliphatic hydroxyl groups is 1. The van der Waals surface area contributed by atoms with Gasteiger partial charge in [0, 0.05) is 23.4 Å². The van der Waals surface area contributed by atoms with E-state index < -0.39 is 5.23 Å². The smallest absolute Gasteiger partial charge is 0.171 e. The molecule has 90 valence electrons. The van der Waals surface area contributed by atoms with Crippen molar-refractivity contribution >= 4 is 5.69 Å². The van der Waals surface area contributed by atoms with E-state index in [-0.39, 0.29) is 12.3 Å². The molecule has 3 N–H and O–H groups in total. The third-order valence-electron chi connectivity index (χ3n) is 2.43. The highest BCUT2D eigenvalue weighted by Gasteiger charge is 2.11. The first-order valence-corrected chi connectivity index (χ1v) is 5.18. The highest BCUT2D eigenvalue weighted by Crippen LogP contribution is 2.24. The van der Waals surface area contributed by atoms with Crippen LogP contribution < -0.4 is 5.23 Å². The van der Waals surface area contributed by atoms with E-state index in [1.165, 1.54) is 0 Å². The molecule has 0 saturated carbocycles. The minimum absolute atomic E-state index is 0.00168. The van der Waals surface area contributed by atoms with Crippen LogP contribution in [-0.4, -0.2) is 26.7 Å². The van der Waals surface area contributed by atoms with Crippen LogP contribution in [0.25, 0.3) is 11.1 Å².